The minimum atomic E-state index is -0.215. The van der Waals surface area contributed by atoms with Crippen molar-refractivity contribution in [3.05, 3.63) is 103 Å². The fourth-order valence-corrected chi connectivity index (χ4v) is 4.12. The second-order valence-corrected chi connectivity index (χ2v) is 7.85. The third-order valence-electron chi connectivity index (χ3n) is 4.62. The van der Waals surface area contributed by atoms with Crippen LogP contribution >= 0.6 is 11.3 Å². The lowest BCUT2D eigenvalue weighted by Gasteiger charge is -2.09. The summed E-state index contributed by atoms with van der Waals surface area (Å²) in [6.45, 7) is 0. The molecule has 5 nitrogen and oxygen atoms in total. The molecule has 0 fully saturated rings. The summed E-state index contributed by atoms with van der Waals surface area (Å²) in [5.41, 5.74) is 3.14. The van der Waals surface area contributed by atoms with Crippen LogP contribution in [-0.2, 0) is 0 Å². The Bertz CT molecular complexity index is 1330. The maximum Gasteiger partial charge on any atom is 0.255 e. The number of carbonyl (C=O) groups is 1. The number of para-hydroxylation sites is 1. The van der Waals surface area contributed by atoms with Crippen LogP contribution in [0.15, 0.2) is 97.2 Å². The maximum absolute atomic E-state index is 12.8. The van der Waals surface area contributed by atoms with Gasteiger partial charge in [-0.3, -0.25) is 4.79 Å². The van der Waals surface area contributed by atoms with Crippen molar-refractivity contribution in [2.45, 2.75) is 0 Å². The van der Waals surface area contributed by atoms with Crippen LogP contribution in [0.3, 0.4) is 0 Å². The van der Waals surface area contributed by atoms with Gasteiger partial charge in [0.25, 0.3) is 5.91 Å². The number of fused-ring (bicyclic) bond motifs is 1. The molecule has 0 atom stereocenters. The van der Waals surface area contributed by atoms with Crippen molar-refractivity contribution in [1.29, 1.82) is 0 Å². The third-order valence-corrected chi connectivity index (χ3v) is 5.70. The van der Waals surface area contributed by atoms with Crippen molar-refractivity contribution in [1.82, 2.24) is 9.97 Å². The molecule has 0 aliphatic rings. The van der Waals surface area contributed by atoms with Gasteiger partial charge < -0.3 is 10.1 Å². The Morgan fingerprint density at radius 1 is 0.871 bits per heavy atom. The standard InChI is InChI=1S/C25H17N3O2S/c29-24(17-7-6-10-20(16-17)30-23-13-3-4-14-26-23)27-19-9-5-8-18(15-19)25-28-21-11-1-2-12-22(21)31-25/h1-16H,(H,27,29). The second-order valence-electron chi connectivity index (χ2n) is 6.82. The minimum Gasteiger partial charge on any atom is -0.439 e. The van der Waals surface area contributed by atoms with E-state index in [4.69, 9.17) is 9.72 Å². The summed E-state index contributed by atoms with van der Waals surface area (Å²) < 4.78 is 6.86. The Hall–Kier alpha value is -4.03. The van der Waals surface area contributed by atoms with E-state index in [1.54, 1.807) is 47.9 Å². The van der Waals surface area contributed by atoms with Gasteiger partial charge in [0, 0.05) is 29.1 Å². The van der Waals surface area contributed by atoms with Gasteiger partial charge in [-0.05, 0) is 48.5 Å². The molecule has 6 heteroatoms. The first-order chi connectivity index (χ1) is 15.2. The molecule has 5 aromatic rings. The van der Waals surface area contributed by atoms with Crippen LogP contribution in [-0.4, -0.2) is 15.9 Å². The van der Waals surface area contributed by atoms with Crippen molar-refractivity contribution >= 4 is 33.1 Å². The molecule has 2 heterocycles. The Morgan fingerprint density at radius 2 is 1.74 bits per heavy atom. The number of thiazole rings is 1. The highest BCUT2D eigenvalue weighted by atomic mass is 32.1. The Kier molecular flexibility index (Phi) is 5.12. The van der Waals surface area contributed by atoms with Gasteiger partial charge in [0.2, 0.25) is 5.88 Å². The number of nitrogens with zero attached hydrogens (tertiary/aromatic N) is 2. The topological polar surface area (TPSA) is 64.1 Å². The van der Waals surface area contributed by atoms with E-state index in [0.717, 1.165) is 20.8 Å². The number of rotatable bonds is 5. The summed E-state index contributed by atoms with van der Waals surface area (Å²) in [5, 5.41) is 3.88. The van der Waals surface area contributed by atoms with Crippen molar-refractivity contribution < 1.29 is 9.53 Å². The number of aromatic nitrogens is 2. The highest BCUT2D eigenvalue weighted by molar-refractivity contribution is 7.21. The molecule has 3 aromatic carbocycles. The molecule has 0 saturated carbocycles. The molecule has 0 spiro atoms. The average molecular weight is 423 g/mol. The molecule has 31 heavy (non-hydrogen) atoms. The number of hydrogen-bond donors (Lipinski definition) is 1. The molecular formula is C25H17N3O2S. The SMILES string of the molecule is O=C(Nc1cccc(-c2nc3ccccc3s2)c1)c1cccc(Oc2ccccn2)c1. The van der Waals surface area contributed by atoms with Crippen molar-refractivity contribution in [2.75, 3.05) is 5.32 Å². The molecule has 0 aliphatic carbocycles. The maximum atomic E-state index is 12.8. The van der Waals surface area contributed by atoms with E-state index in [2.05, 4.69) is 16.4 Å². The summed E-state index contributed by atoms with van der Waals surface area (Å²) in [7, 11) is 0. The zero-order valence-corrected chi connectivity index (χ0v) is 17.2. The smallest absolute Gasteiger partial charge is 0.255 e. The minimum absolute atomic E-state index is 0.215. The molecule has 1 amide bonds. The van der Waals surface area contributed by atoms with Crippen LogP contribution in [0.5, 0.6) is 11.6 Å². The Balaban J connectivity index is 1.35. The van der Waals surface area contributed by atoms with E-state index >= 15 is 0 Å². The normalized spacial score (nSPS) is 10.7. The number of nitrogens with one attached hydrogen (secondary N) is 1. The van der Waals surface area contributed by atoms with E-state index in [1.165, 1.54) is 0 Å². The quantitative estimate of drug-likeness (QED) is 0.355. The molecule has 0 bridgehead atoms. The zero-order valence-electron chi connectivity index (χ0n) is 16.4. The van der Waals surface area contributed by atoms with Gasteiger partial charge in [0.05, 0.1) is 10.2 Å². The number of benzene rings is 3. The first-order valence-corrected chi connectivity index (χ1v) is 10.5. The van der Waals surface area contributed by atoms with E-state index in [9.17, 15) is 4.79 Å². The van der Waals surface area contributed by atoms with Crippen LogP contribution in [0.25, 0.3) is 20.8 Å². The molecular weight excluding hydrogens is 406 g/mol. The van der Waals surface area contributed by atoms with Crippen LogP contribution in [0.2, 0.25) is 0 Å². The monoisotopic (exact) mass is 423 g/mol. The second kappa shape index (κ2) is 8.38. The Morgan fingerprint density at radius 3 is 2.61 bits per heavy atom. The van der Waals surface area contributed by atoms with Gasteiger partial charge in [-0.15, -0.1) is 11.3 Å². The highest BCUT2D eigenvalue weighted by Crippen LogP contribution is 2.31. The molecule has 0 aliphatic heterocycles. The number of hydrogen-bond acceptors (Lipinski definition) is 5. The number of amides is 1. The predicted octanol–water partition coefficient (Wildman–Crippen LogP) is 6.40. The molecule has 1 N–H and O–H groups in total. The van der Waals surface area contributed by atoms with Gasteiger partial charge in [0.15, 0.2) is 0 Å². The zero-order chi connectivity index (χ0) is 21.0. The van der Waals surface area contributed by atoms with Crippen LogP contribution in [0, 0.1) is 0 Å². The summed E-state index contributed by atoms with van der Waals surface area (Å²) in [6.07, 6.45) is 1.66. The van der Waals surface area contributed by atoms with Crippen molar-refractivity contribution in [3.8, 4) is 22.2 Å². The first kappa shape index (κ1) is 19.0. The lowest BCUT2D eigenvalue weighted by atomic mass is 10.1. The average Bonchev–Trinajstić information content (AvgIpc) is 3.25. The van der Waals surface area contributed by atoms with Gasteiger partial charge in [0.1, 0.15) is 10.8 Å². The van der Waals surface area contributed by atoms with Gasteiger partial charge >= 0.3 is 0 Å². The summed E-state index contributed by atoms with van der Waals surface area (Å²) in [5.74, 6) is 0.811. The molecule has 0 radical (unpaired) electrons. The number of anilines is 1. The summed E-state index contributed by atoms with van der Waals surface area (Å²) in [6, 6.07) is 28.2. The summed E-state index contributed by atoms with van der Waals surface area (Å²) >= 11 is 1.63. The van der Waals surface area contributed by atoms with Crippen molar-refractivity contribution in [3.63, 3.8) is 0 Å². The Labute approximate surface area is 183 Å². The van der Waals surface area contributed by atoms with Crippen molar-refractivity contribution in [2.24, 2.45) is 0 Å². The lowest BCUT2D eigenvalue weighted by molar-refractivity contribution is 0.102. The highest BCUT2D eigenvalue weighted by Gasteiger charge is 2.10. The fourth-order valence-electron chi connectivity index (χ4n) is 3.16. The number of pyridine rings is 1. The van der Waals surface area contributed by atoms with Crippen LogP contribution in [0.1, 0.15) is 10.4 Å². The molecule has 2 aromatic heterocycles. The van der Waals surface area contributed by atoms with Gasteiger partial charge in [-0.1, -0.05) is 36.4 Å². The largest absolute Gasteiger partial charge is 0.439 e. The first-order valence-electron chi connectivity index (χ1n) is 9.71. The van der Waals surface area contributed by atoms with Gasteiger partial charge in [-0.2, -0.15) is 0 Å². The predicted molar refractivity (Wildman–Crippen MR) is 124 cm³/mol. The molecule has 5 rings (SSSR count). The van der Waals surface area contributed by atoms with E-state index in [-0.39, 0.29) is 5.91 Å². The van der Waals surface area contributed by atoms with Crippen LogP contribution < -0.4 is 10.1 Å². The number of carbonyl (C=O) groups excluding carboxylic acids is 1. The fraction of sp³-hybridized carbons (Fsp3) is 0. The molecule has 0 saturated heterocycles. The molecule has 150 valence electrons. The van der Waals surface area contributed by atoms with Crippen LogP contribution in [0.4, 0.5) is 5.69 Å². The number of ether oxygens (including phenoxy) is 1. The summed E-state index contributed by atoms with van der Waals surface area (Å²) in [4.78, 5) is 21.7. The van der Waals surface area contributed by atoms with E-state index in [1.807, 2.05) is 54.6 Å². The van der Waals surface area contributed by atoms with E-state index < -0.39 is 0 Å². The van der Waals surface area contributed by atoms with Gasteiger partial charge in [-0.25, -0.2) is 9.97 Å². The molecule has 0 unspecified atom stereocenters. The lowest BCUT2D eigenvalue weighted by Crippen LogP contribution is -2.11. The third kappa shape index (κ3) is 4.29. The van der Waals surface area contributed by atoms with E-state index in [0.29, 0.717) is 22.9 Å².